The summed E-state index contributed by atoms with van der Waals surface area (Å²) in [6, 6.07) is 2.93. The van der Waals surface area contributed by atoms with E-state index >= 15 is 0 Å². The van der Waals surface area contributed by atoms with Crippen molar-refractivity contribution in [1.82, 2.24) is 9.97 Å². The summed E-state index contributed by atoms with van der Waals surface area (Å²) < 4.78 is 13.9. The second-order valence-corrected chi connectivity index (χ2v) is 6.07. The second kappa shape index (κ2) is 5.46. The Bertz CT molecular complexity index is 623. The van der Waals surface area contributed by atoms with E-state index in [9.17, 15) is 4.39 Å². The van der Waals surface area contributed by atoms with Gasteiger partial charge >= 0.3 is 0 Å². The van der Waals surface area contributed by atoms with Crippen LogP contribution in [0.4, 0.5) is 10.1 Å². The van der Waals surface area contributed by atoms with Gasteiger partial charge in [-0.05, 0) is 66.2 Å². The van der Waals surface area contributed by atoms with Crippen LogP contribution in [0.2, 0.25) is 0 Å². The average Bonchev–Trinajstić information content (AvgIpc) is 2.33. The van der Waals surface area contributed by atoms with E-state index in [4.69, 9.17) is 5.73 Å². The van der Waals surface area contributed by atoms with Crippen LogP contribution in [0.25, 0.3) is 0 Å². The minimum absolute atomic E-state index is 0.350. The molecule has 2 rings (SSSR count). The molecule has 0 unspecified atom stereocenters. The lowest BCUT2D eigenvalue weighted by molar-refractivity contribution is 0.618. The Morgan fingerprint density at radius 3 is 2.32 bits per heavy atom. The van der Waals surface area contributed by atoms with Crippen LogP contribution in [0, 0.1) is 26.6 Å². The van der Waals surface area contributed by atoms with Gasteiger partial charge in [0.2, 0.25) is 0 Å². The number of nitrogens with two attached hydrogens (primary N) is 1. The Balaban J connectivity index is 2.39. The molecule has 1 aromatic carbocycles. The molecule has 1 aromatic heterocycles. The molecule has 1 heterocycles. The highest BCUT2D eigenvalue weighted by atomic mass is 79.9. The predicted octanol–water partition coefficient (Wildman–Crippen LogP) is 4.04. The van der Waals surface area contributed by atoms with Gasteiger partial charge in [-0.1, -0.05) is 0 Å². The van der Waals surface area contributed by atoms with Crippen LogP contribution >= 0.6 is 27.7 Å². The van der Waals surface area contributed by atoms with Crippen LogP contribution in [0.5, 0.6) is 0 Å². The molecule has 0 atom stereocenters. The first-order valence-corrected chi connectivity index (χ1v) is 7.23. The maximum absolute atomic E-state index is 13.5. The Morgan fingerprint density at radius 2 is 1.74 bits per heavy atom. The van der Waals surface area contributed by atoms with Gasteiger partial charge in [-0.3, -0.25) is 0 Å². The van der Waals surface area contributed by atoms with Gasteiger partial charge in [0.15, 0.2) is 5.16 Å². The molecular weight excluding hydrogens is 329 g/mol. The summed E-state index contributed by atoms with van der Waals surface area (Å²) in [5.74, 6) is -0.350. The van der Waals surface area contributed by atoms with Crippen LogP contribution in [0.1, 0.15) is 17.0 Å². The normalized spacial score (nSPS) is 10.8. The maximum atomic E-state index is 13.5. The monoisotopic (exact) mass is 341 g/mol. The van der Waals surface area contributed by atoms with Gasteiger partial charge in [0, 0.05) is 22.0 Å². The molecule has 0 aliphatic rings. The van der Waals surface area contributed by atoms with Gasteiger partial charge in [-0.15, -0.1) is 0 Å². The van der Waals surface area contributed by atoms with Crippen molar-refractivity contribution in [2.75, 3.05) is 5.73 Å². The lowest BCUT2D eigenvalue weighted by atomic mass is 10.2. The molecule has 2 N–H and O–H groups in total. The van der Waals surface area contributed by atoms with Gasteiger partial charge in [0.05, 0.1) is 4.47 Å². The van der Waals surface area contributed by atoms with E-state index in [0.29, 0.717) is 20.2 Å². The van der Waals surface area contributed by atoms with Crippen molar-refractivity contribution in [3.63, 3.8) is 0 Å². The highest BCUT2D eigenvalue weighted by Crippen LogP contribution is 2.33. The molecule has 0 spiro atoms. The third-order valence-electron chi connectivity index (χ3n) is 2.87. The highest BCUT2D eigenvalue weighted by molar-refractivity contribution is 9.10. The van der Waals surface area contributed by atoms with Crippen molar-refractivity contribution in [1.29, 1.82) is 0 Å². The fourth-order valence-corrected chi connectivity index (χ4v) is 2.78. The van der Waals surface area contributed by atoms with Crippen LogP contribution in [0.15, 0.2) is 26.7 Å². The zero-order valence-electron chi connectivity index (χ0n) is 10.8. The smallest absolute Gasteiger partial charge is 0.192 e. The van der Waals surface area contributed by atoms with Crippen LogP contribution < -0.4 is 5.73 Å². The minimum Gasteiger partial charge on any atom is -0.398 e. The first-order valence-electron chi connectivity index (χ1n) is 5.62. The van der Waals surface area contributed by atoms with Gasteiger partial charge < -0.3 is 5.73 Å². The molecule has 19 heavy (non-hydrogen) atoms. The van der Waals surface area contributed by atoms with E-state index in [-0.39, 0.29) is 5.82 Å². The molecule has 3 nitrogen and oxygen atoms in total. The Hall–Kier alpha value is -1.14. The highest BCUT2D eigenvalue weighted by Gasteiger charge is 2.11. The van der Waals surface area contributed by atoms with Crippen molar-refractivity contribution >= 4 is 33.4 Å². The molecule has 6 heteroatoms. The van der Waals surface area contributed by atoms with E-state index in [2.05, 4.69) is 25.9 Å². The van der Waals surface area contributed by atoms with Crippen molar-refractivity contribution in [2.45, 2.75) is 30.8 Å². The molecule has 100 valence electrons. The molecule has 0 radical (unpaired) electrons. The van der Waals surface area contributed by atoms with Crippen molar-refractivity contribution in [3.8, 4) is 0 Å². The van der Waals surface area contributed by atoms with Crippen molar-refractivity contribution in [3.05, 3.63) is 39.4 Å². The van der Waals surface area contributed by atoms with Gasteiger partial charge in [-0.25, -0.2) is 14.4 Å². The zero-order chi connectivity index (χ0) is 14.2. The number of halogens is 2. The SMILES string of the molecule is Cc1nc(Sc2cc(F)c(Br)cc2N)nc(C)c1C. The number of hydrogen-bond acceptors (Lipinski definition) is 4. The molecule has 0 bridgehead atoms. The molecule has 0 aliphatic heterocycles. The standard InChI is InChI=1S/C13H13BrFN3S/c1-6-7(2)17-13(18-8(6)3)19-12-5-10(15)9(14)4-11(12)16/h4-5H,16H2,1-3H3. The largest absolute Gasteiger partial charge is 0.398 e. The molecule has 2 aromatic rings. The number of rotatable bonds is 2. The Morgan fingerprint density at radius 1 is 1.16 bits per heavy atom. The molecule has 0 saturated carbocycles. The van der Waals surface area contributed by atoms with Gasteiger partial charge in [0.1, 0.15) is 5.82 Å². The van der Waals surface area contributed by atoms with E-state index < -0.39 is 0 Å². The summed E-state index contributed by atoms with van der Waals surface area (Å²) in [6.07, 6.45) is 0. The number of hydrogen-bond donors (Lipinski definition) is 1. The summed E-state index contributed by atoms with van der Waals surface area (Å²) in [4.78, 5) is 9.38. The van der Waals surface area contributed by atoms with Gasteiger partial charge in [-0.2, -0.15) is 0 Å². The lowest BCUT2D eigenvalue weighted by Crippen LogP contribution is -1.99. The topological polar surface area (TPSA) is 51.8 Å². The summed E-state index contributed by atoms with van der Waals surface area (Å²) in [5.41, 5.74) is 9.28. The maximum Gasteiger partial charge on any atom is 0.192 e. The first kappa shape index (κ1) is 14.3. The third-order valence-corrected chi connectivity index (χ3v) is 4.41. The summed E-state index contributed by atoms with van der Waals surface area (Å²) >= 11 is 4.37. The van der Waals surface area contributed by atoms with Crippen molar-refractivity contribution < 1.29 is 4.39 Å². The molecule has 0 saturated heterocycles. The van der Waals surface area contributed by atoms with Gasteiger partial charge in [0.25, 0.3) is 0 Å². The minimum atomic E-state index is -0.350. The fraction of sp³-hybridized carbons (Fsp3) is 0.231. The van der Waals surface area contributed by atoms with Crippen molar-refractivity contribution in [2.24, 2.45) is 0 Å². The molecule has 0 aliphatic carbocycles. The van der Waals surface area contributed by atoms with Crippen LogP contribution in [-0.4, -0.2) is 9.97 Å². The molecule has 0 fully saturated rings. The predicted molar refractivity (Wildman–Crippen MR) is 78.9 cm³/mol. The first-order chi connectivity index (χ1) is 8.88. The number of nitrogens with zero attached hydrogens (tertiary/aromatic N) is 2. The number of anilines is 1. The number of aryl methyl sites for hydroxylation is 2. The number of benzene rings is 1. The average molecular weight is 342 g/mol. The fourth-order valence-electron chi connectivity index (χ4n) is 1.52. The lowest BCUT2D eigenvalue weighted by Gasteiger charge is -2.09. The molecule has 0 amide bonds. The second-order valence-electron chi connectivity index (χ2n) is 4.21. The van der Waals surface area contributed by atoms with E-state index in [1.807, 2.05) is 20.8 Å². The summed E-state index contributed by atoms with van der Waals surface area (Å²) in [6.45, 7) is 5.84. The van der Waals surface area contributed by atoms with Crippen LogP contribution in [0.3, 0.4) is 0 Å². The summed E-state index contributed by atoms with van der Waals surface area (Å²) in [5, 5.41) is 0.578. The van der Waals surface area contributed by atoms with E-state index in [1.54, 1.807) is 6.07 Å². The van der Waals surface area contributed by atoms with Crippen LogP contribution in [-0.2, 0) is 0 Å². The summed E-state index contributed by atoms with van der Waals surface area (Å²) in [7, 11) is 0. The van der Waals surface area contributed by atoms with E-state index in [1.165, 1.54) is 17.8 Å². The third kappa shape index (κ3) is 3.06. The number of aromatic nitrogens is 2. The Labute approximate surface area is 124 Å². The zero-order valence-corrected chi connectivity index (χ0v) is 13.2. The van der Waals surface area contributed by atoms with E-state index in [0.717, 1.165) is 17.0 Å². The number of nitrogen functional groups attached to an aromatic ring is 1. The molecular formula is C13H13BrFN3S. The quantitative estimate of drug-likeness (QED) is 0.661. The Kier molecular flexibility index (Phi) is 4.10.